The zero-order valence-corrected chi connectivity index (χ0v) is 12.5. The Balaban J connectivity index is 2.38. The van der Waals surface area contributed by atoms with Crippen molar-refractivity contribution in [2.75, 3.05) is 19.0 Å². The first-order valence-corrected chi connectivity index (χ1v) is 7.49. The van der Waals surface area contributed by atoms with Gasteiger partial charge in [-0.3, -0.25) is 0 Å². The number of pyridine rings is 1. The van der Waals surface area contributed by atoms with Crippen LogP contribution in [0, 0.1) is 6.92 Å². The maximum Gasteiger partial charge on any atom is 0.145 e. The molecule has 0 bridgehead atoms. The lowest BCUT2D eigenvalue weighted by atomic mass is 9.91. The number of fused-ring (bicyclic) bond motifs is 2. The summed E-state index contributed by atoms with van der Waals surface area (Å²) in [7, 11) is 1.72. The van der Waals surface area contributed by atoms with Gasteiger partial charge in [-0.1, -0.05) is 6.07 Å². The van der Waals surface area contributed by atoms with Gasteiger partial charge < -0.3 is 10.1 Å². The Morgan fingerprint density at radius 2 is 2.05 bits per heavy atom. The van der Waals surface area contributed by atoms with Gasteiger partial charge in [-0.25, -0.2) is 4.98 Å². The fourth-order valence-electron chi connectivity index (χ4n) is 3.20. The molecule has 0 unspecified atom stereocenters. The van der Waals surface area contributed by atoms with E-state index in [1.807, 2.05) is 6.07 Å². The number of hydrogen-bond acceptors (Lipinski definition) is 3. The number of ether oxygens (including phenoxy) is 1. The Labute approximate surface area is 120 Å². The molecule has 1 aromatic carbocycles. The molecule has 3 rings (SSSR count). The third kappa shape index (κ3) is 2.01. The molecule has 3 nitrogen and oxygen atoms in total. The van der Waals surface area contributed by atoms with E-state index in [-0.39, 0.29) is 0 Å². The van der Waals surface area contributed by atoms with Crippen molar-refractivity contribution < 1.29 is 4.74 Å². The molecule has 0 atom stereocenters. The number of anilines is 1. The molecule has 20 heavy (non-hydrogen) atoms. The van der Waals surface area contributed by atoms with Crippen LogP contribution in [0.25, 0.3) is 10.9 Å². The van der Waals surface area contributed by atoms with Gasteiger partial charge in [0, 0.05) is 23.3 Å². The van der Waals surface area contributed by atoms with Crippen molar-refractivity contribution in [3.05, 3.63) is 29.0 Å². The van der Waals surface area contributed by atoms with Gasteiger partial charge in [0.1, 0.15) is 11.3 Å². The van der Waals surface area contributed by atoms with Gasteiger partial charge in [0.05, 0.1) is 7.11 Å². The minimum atomic E-state index is 0.873. The molecule has 1 N–H and O–H groups in total. The number of benzene rings is 1. The van der Waals surface area contributed by atoms with Gasteiger partial charge in [0.25, 0.3) is 0 Å². The third-order valence-electron chi connectivity index (χ3n) is 4.16. The predicted molar refractivity (Wildman–Crippen MR) is 83.8 cm³/mol. The van der Waals surface area contributed by atoms with Crippen LogP contribution in [0.3, 0.4) is 0 Å². The first kappa shape index (κ1) is 13.2. The van der Waals surface area contributed by atoms with Crippen molar-refractivity contribution in [1.29, 1.82) is 0 Å². The summed E-state index contributed by atoms with van der Waals surface area (Å²) in [6.45, 7) is 5.23. The number of rotatable bonds is 3. The largest absolute Gasteiger partial charge is 0.494 e. The van der Waals surface area contributed by atoms with Crippen molar-refractivity contribution in [3.8, 4) is 5.75 Å². The number of methoxy groups -OCH3 is 1. The molecular formula is C17H22N2O. The molecule has 1 aliphatic carbocycles. The first-order valence-electron chi connectivity index (χ1n) is 7.49. The molecule has 1 heterocycles. The number of hydrogen-bond donors (Lipinski definition) is 1. The van der Waals surface area contributed by atoms with Crippen molar-refractivity contribution in [2.45, 2.75) is 39.5 Å². The van der Waals surface area contributed by atoms with Crippen LogP contribution in [0.5, 0.6) is 5.75 Å². The van der Waals surface area contributed by atoms with Crippen LogP contribution in [0.1, 0.15) is 36.6 Å². The van der Waals surface area contributed by atoms with E-state index in [0.29, 0.717) is 0 Å². The minimum Gasteiger partial charge on any atom is -0.494 e. The van der Waals surface area contributed by atoms with Gasteiger partial charge in [-0.2, -0.15) is 0 Å². The van der Waals surface area contributed by atoms with E-state index in [2.05, 4.69) is 25.2 Å². The third-order valence-corrected chi connectivity index (χ3v) is 4.16. The number of aromatic nitrogens is 1. The Hall–Kier alpha value is -1.77. The van der Waals surface area contributed by atoms with Gasteiger partial charge in [-0.05, 0) is 56.7 Å². The van der Waals surface area contributed by atoms with E-state index < -0.39 is 0 Å². The Morgan fingerprint density at radius 3 is 2.80 bits per heavy atom. The molecule has 0 fully saturated rings. The van der Waals surface area contributed by atoms with Gasteiger partial charge in [0.15, 0.2) is 0 Å². The fourth-order valence-corrected chi connectivity index (χ4v) is 3.20. The standard InChI is InChI=1S/C17H22N2O/c1-4-18-16-12-7-5-6-8-13(12)19-17-14(20-3)10-9-11(2)15(16)17/h9-10H,4-8H2,1-3H3,(H,18,19). The van der Waals surface area contributed by atoms with Crippen LogP contribution < -0.4 is 10.1 Å². The summed E-state index contributed by atoms with van der Waals surface area (Å²) in [6.07, 6.45) is 4.73. The second-order valence-corrected chi connectivity index (χ2v) is 5.46. The zero-order valence-electron chi connectivity index (χ0n) is 12.5. The van der Waals surface area contributed by atoms with Crippen LogP contribution in [0.15, 0.2) is 12.1 Å². The highest BCUT2D eigenvalue weighted by molar-refractivity contribution is 5.99. The van der Waals surface area contributed by atoms with E-state index in [1.165, 1.54) is 40.7 Å². The van der Waals surface area contributed by atoms with E-state index in [4.69, 9.17) is 9.72 Å². The molecule has 106 valence electrons. The highest BCUT2D eigenvalue weighted by Crippen LogP contribution is 2.38. The molecule has 3 heteroatoms. The highest BCUT2D eigenvalue weighted by atomic mass is 16.5. The van der Waals surface area contributed by atoms with Crippen molar-refractivity contribution in [2.24, 2.45) is 0 Å². The quantitative estimate of drug-likeness (QED) is 0.919. The summed E-state index contributed by atoms with van der Waals surface area (Å²) in [4.78, 5) is 4.93. The van der Waals surface area contributed by atoms with Crippen LogP contribution in [-0.2, 0) is 12.8 Å². The lowest BCUT2D eigenvalue weighted by Gasteiger charge is -2.23. The summed E-state index contributed by atoms with van der Waals surface area (Å²) in [5.41, 5.74) is 6.22. The van der Waals surface area contributed by atoms with Crippen molar-refractivity contribution in [3.63, 3.8) is 0 Å². The van der Waals surface area contributed by atoms with Gasteiger partial charge in [0.2, 0.25) is 0 Å². The second-order valence-electron chi connectivity index (χ2n) is 5.46. The molecule has 0 spiro atoms. The maximum atomic E-state index is 5.52. The summed E-state index contributed by atoms with van der Waals surface area (Å²) in [5, 5.41) is 4.80. The molecule has 2 aromatic rings. The second kappa shape index (κ2) is 5.31. The van der Waals surface area contributed by atoms with E-state index >= 15 is 0 Å². The molecule has 1 aliphatic rings. The van der Waals surface area contributed by atoms with E-state index in [1.54, 1.807) is 7.11 Å². The summed E-state index contributed by atoms with van der Waals surface area (Å²) >= 11 is 0. The predicted octanol–water partition coefficient (Wildman–Crippen LogP) is 3.86. The lowest BCUT2D eigenvalue weighted by Crippen LogP contribution is -2.12. The van der Waals surface area contributed by atoms with Crippen molar-refractivity contribution >= 4 is 16.6 Å². The fraction of sp³-hybridized carbons (Fsp3) is 0.471. The average Bonchev–Trinajstić information content (AvgIpc) is 2.47. The van der Waals surface area contributed by atoms with Gasteiger partial charge in [-0.15, -0.1) is 0 Å². The topological polar surface area (TPSA) is 34.2 Å². The molecular weight excluding hydrogens is 248 g/mol. The zero-order chi connectivity index (χ0) is 14.1. The van der Waals surface area contributed by atoms with Crippen LogP contribution in [-0.4, -0.2) is 18.6 Å². The molecule has 0 amide bonds. The maximum absolute atomic E-state index is 5.52. The number of nitrogens with one attached hydrogen (secondary N) is 1. The van der Waals surface area contributed by atoms with Crippen LogP contribution in [0.4, 0.5) is 5.69 Å². The number of nitrogens with zero attached hydrogens (tertiary/aromatic N) is 1. The minimum absolute atomic E-state index is 0.873. The Morgan fingerprint density at radius 1 is 1.25 bits per heavy atom. The average molecular weight is 270 g/mol. The van der Waals surface area contributed by atoms with E-state index in [9.17, 15) is 0 Å². The monoisotopic (exact) mass is 270 g/mol. The first-order chi connectivity index (χ1) is 9.76. The molecule has 0 radical (unpaired) electrons. The van der Waals surface area contributed by atoms with Gasteiger partial charge >= 0.3 is 0 Å². The van der Waals surface area contributed by atoms with Crippen LogP contribution >= 0.6 is 0 Å². The Kier molecular flexibility index (Phi) is 3.51. The van der Waals surface area contributed by atoms with E-state index in [0.717, 1.165) is 30.7 Å². The molecule has 0 aliphatic heterocycles. The number of aryl methyl sites for hydroxylation is 2. The van der Waals surface area contributed by atoms with Crippen LogP contribution in [0.2, 0.25) is 0 Å². The normalized spacial score (nSPS) is 14.2. The Bertz CT molecular complexity index is 649. The SMILES string of the molecule is CCNc1c2c(nc3c(OC)ccc(C)c13)CCCC2. The smallest absolute Gasteiger partial charge is 0.145 e. The lowest BCUT2D eigenvalue weighted by molar-refractivity contribution is 0.418. The summed E-state index contributed by atoms with van der Waals surface area (Å²) in [6, 6.07) is 4.15. The molecule has 0 saturated carbocycles. The van der Waals surface area contributed by atoms with Crippen molar-refractivity contribution in [1.82, 2.24) is 4.98 Å². The molecule has 1 aromatic heterocycles. The summed E-state index contributed by atoms with van der Waals surface area (Å²) < 4.78 is 5.52. The molecule has 0 saturated heterocycles. The highest BCUT2D eigenvalue weighted by Gasteiger charge is 2.20. The summed E-state index contributed by atoms with van der Waals surface area (Å²) in [5.74, 6) is 0.873.